The fraction of sp³-hybridized carbons (Fsp3) is 0.562. The molecule has 1 aliphatic heterocycles. The van der Waals surface area contributed by atoms with Gasteiger partial charge in [0.15, 0.2) is 17.4 Å². The first-order chi connectivity index (χ1) is 10.0. The fourth-order valence-corrected chi connectivity index (χ4v) is 2.80. The molecule has 0 aliphatic carbocycles. The van der Waals surface area contributed by atoms with Crippen molar-refractivity contribution in [2.75, 3.05) is 26.8 Å². The third kappa shape index (κ3) is 3.86. The SMILES string of the molecule is COCC1CCN(C(C)C(=O)c2ccc(F)c(F)c2)CC1. The Morgan fingerprint density at radius 2 is 2.00 bits per heavy atom. The van der Waals surface area contributed by atoms with Gasteiger partial charge >= 0.3 is 0 Å². The van der Waals surface area contributed by atoms with Gasteiger partial charge in [0, 0.05) is 19.3 Å². The van der Waals surface area contributed by atoms with Gasteiger partial charge in [-0.25, -0.2) is 8.78 Å². The van der Waals surface area contributed by atoms with Crippen molar-refractivity contribution >= 4 is 5.78 Å². The maximum atomic E-state index is 13.2. The average molecular weight is 297 g/mol. The maximum absolute atomic E-state index is 13.2. The number of ketones is 1. The zero-order valence-corrected chi connectivity index (χ0v) is 12.4. The lowest BCUT2D eigenvalue weighted by Crippen LogP contribution is -2.44. The molecule has 21 heavy (non-hydrogen) atoms. The first kappa shape index (κ1) is 16.0. The zero-order chi connectivity index (χ0) is 15.4. The molecule has 0 bridgehead atoms. The molecule has 1 fully saturated rings. The smallest absolute Gasteiger partial charge is 0.179 e. The quantitative estimate of drug-likeness (QED) is 0.783. The van der Waals surface area contributed by atoms with Crippen LogP contribution in [0.15, 0.2) is 18.2 Å². The number of hydrogen-bond acceptors (Lipinski definition) is 3. The molecular formula is C16H21F2NO2. The van der Waals surface area contributed by atoms with Gasteiger partial charge in [-0.3, -0.25) is 9.69 Å². The number of piperidine rings is 1. The van der Waals surface area contributed by atoms with E-state index in [2.05, 4.69) is 4.90 Å². The number of rotatable bonds is 5. The lowest BCUT2D eigenvalue weighted by Gasteiger charge is -2.35. The number of benzene rings is 1. The van der Waals surface area contributed by atoms with E-state index < -0.39 is 11.6 Å². The van der Waals surface area contributed by atoms with Crippen LogP contribution in [0.3, 0.4) is 0 Å². The molecule has 1 aromatic carbocycles. The van der Waals surface area contributed by atoms with E-state index in [-0.39, 0.29) is 17.4 Å². The standard InChI is InChI=1S/C16H21F2NO2/c1-11(19-7-5-12(6-8-19)10-21-2)16(20)13-3-4-14(17)15(18)9-13/h3-4,9,11-12H,5-8,10H2,1-2H3. The number of carbonyl (C=O) groups is 1. The number of Topliss-reactive ketones (excluding diaryl/α,β-unsaturated/α-hetero) is 1. The van der Waals surface area contributed by atoms with Crippen LogP contribution in [0.25, 0.3) is 0 Å². The van der Waals surface area contributed by atoms with Gasteiger partial charge in [0.25, 0.3) is 0 Å². The summed E-state index contributed by atoms with van der Waals surface area (Å²) in [4.78, 5) is 14.5. The number of halogens is 2. The Balaban J connectivity index is 1.98. The summed E-state index contributed by atoms with van der Waals surface area (Å²) in [6.07, 6.45) is 1.98. The second-order valence-electron chi connectivity index (χ2n) is 5.60. The number of likely N-dealkylation sites (tertiary alicyclic amines) is 1. The highest BCUT2D eigenvalue weighted by atomic mass is 19.2. The normalized spacial score (nSPS) is 18.7. The zero-order valence-electron chi connectivity index (χ0n) is 12.4. The molecule has 1 unspecified atom stereocenters. The van der Waals surface area contributed by atoms with Gasteiger partial charge in [0.1, 0.15) is 0 Å². The third-order valence-electron chi connectivity index (χ3n) is 4.18. The van der Waals surface area contributed by atoms with Crippen LogP contribution >= 0.6 is 0 Å². The van der Waals surface area contributed by atoms with Gasteiger partial charge in [-0.1, -0.05) is 0 Å². The molecule has 5 heteroatoms. The van der Waals surface area contributed by atoms with Gasteiger partial charge in [0.05, 0.1) is 6.04 Å². The van der Waals surface area contributed by atoms with E-state index in [9.17, 15) is 13.6 Å². The molecule has 0 spiro atoms. The van der Waals surface area contributed by atoms with Crippen LogP contribution in [0.5, 0.6) is 0 Å². The van der Waals surface area contributed by atoms with Crippen LogP contribution in [-0.2, 0) is 4.74 Å². The van der Waals surface area contributed by atoms with Gasteiger partial charge in [0.2, 0.25) is 0 Å². The first-order valence-electron chi connectivity index (χ1n) is 7.25. The molecule has 0 N–H and O–H groups in total. The number of methoxy groups -OCH3 is 1. The second-order valence-corrected chi connectivity index (χ2v) is 5.60. The van der Waals surface area contributed by atoms with E-state index in [0.29, 0.717) is 5.92 Å². The van der Waals surface area contributed by atoms with Crippen LogP contribution in [-0.4, -0.2) is 43.5 Å². The van der Waals surface area contributed by atoms with Crippen molar-refractivity contribution in [2.24, 2.45) is 5.92 Å². The molecule has 3 nitrogen and oxygen atoms in total. The highest BCUT2D eigenvalue weighted by molar-refractivity contribution is 5.99. The monoisotopic (exact) mass is 297 g/mol. The van der Waals surface area contributed by atoms with Crippen molar-refractivity contribution in [3.63, 3.8) is 0 Å². The Kier molecular flexibility index (Phi) is 5.42. The minimum Gasteiger partial charge on any atom is -0.384 e. The van der Waals surface area contributed by atoms with Crippen LogP contribution in [0.2, 0.25) is 0 Å². The van der Waals surface area contributed by atoms with E-state index in [1.807, 2.05) is 6.92 Å². The van der Waals surface area contributed by atoms with E-state index in [4.69, 9.17) is 4.74 Å². The van der Waals surface area contributed by atoms with Crippen molar-refractivity contribution in [3.05, 3.63) is 35.4 Å². The molecule has 1 atom stereocenters. The van der Waals surface area contributed by atoms with E-state index in [1.165, 1.54) is 6.07 Å². The Morgan fingerprint density at radius 1 is 1.33 bits per heavy atom. The Hall–Kier alpha value is -1.33. The summed E-state index contributed by atoms with van der Waals surface area (Å²) in [7, 11) is 1.70. The molecule has 116 valence electrons. The van der Waals surface area contributed by atoms with Crippen molar-refractivity contribution in [2.45, 2.75) is 25.8 Å². The summed E-state index contributed by atoms with van der Waals surface area (Å²) in [5, 5.41) is 0. The minimum absolute atomic E-state index is 0.168. The molecule has 0 amide bonds. The average Bonchev–Trinajstić information content (AvgIpc) is 2.50. The van der Waals surface area contributed by atoms with Crippen LogP contribution < -0.4 is 0 Å². The van der Waals surface area contributed by atoms with Crippen molar-refractivity contribution in [1.82, 2.24) is 4.90 Å². The summed E-state index contributed by atoms with van der Waals surface area (Å²) >= 11 is 0. The molecule has 2 rings (SSSR count). The van der Waals surface area contributed by atoms with Gasteiger partial charge < -0.3 is 4.74 Å². The predicted molar refractivity (Wildman–Crippen MR) is 76.3 cm³/mol. The summed E-state index contributed by atoms with van der Waals surface area (Å²) < 4.78 is 31.3. The van der Waals surface area contributed by atoms with Gasteiger partial charge in [-0.2, -0.15) is 0 Å². The maximum Gasteiger partial charge on any atom is 0.179 e. The number of hydrogen-bond donors (Lipinski definition) is 0. The summed E-state index contributed by atoms with van der Waals surface area (Å²) in [5.74, 6) is -1.54. The van der Waals surface area contributed by atoms with E-state index in [1.54, 1.807) is 7.11 Å². The number of nitrogens with zero attached hydrogens (tertiary/aromatic N) is 1. The fourth-order valence-electron chi connectivity index (χ4n) is 2.80. The van der Waals surface area contributed by atoms with Crippen molar-refractivity contribution in [3.8, 4) is 0 Å². The largest absolute Gasteiger partial charge is 0.384 e. The molecule has 1 aliphatic rings. The summed E-state index contributed by atoms with van der Waals surface area (Å²) in [6.45, 7) is 4.22. The van der Waals surface area contributed by atoms with Gasteiger partial charge in [-0.15, -0.1) is 0 Å². The molecule has 1 heterocycles. The molecule has 0 radical (unpaired) electrons. The topological polar surface area (TPSA) is 29.5 Å². The van der Waals surface area contributed by atoms with Crippen LogP contribution in [0.1, 0.15) is 30.1 Å². The van der Waals surface area contributed by atoms with Crippen molar-refractivity contribution < 1.29 is 18.3 Å². The summed E-state index contributed by atoms with van der Waals surface area (Å²) in [5.41, 5.74) is 0.223. The number of ether oxygens (including phenoxy) is 1. The highest BCUT2D eigenvalue weighted by Gasteiger charge is 2.27. The van der Waals surface area contributed by atoms with Gasteiger partial charge in [-0.05, 0) is 57.0 Å². The molecule has 0 saturated carbocycles. The van der Waals surface area contributed by atoms with Crippen molar-refractivity contribution in [1.29, 1.82) is 0 Å². The second kappa shape index (κ2) is 7.09. The molecule has 1 aromatic rings. The number of carbonyl (C=O) groups excluding carboxylic acids is 1. The molecule has 0 aromatic heterocycles. The van der Waals surface area contributed by atoms with Crippen LogP contribution in [0.4, 0.5) is 8.78 Å². The lowest BCUT2D eigenvalue weighted by molar-refractivity contribution is 0.0661. The van der Waals surface area contributed by atoms with Crippen LogP contribution in [0, 0.1) is 17.6 Å². The van der Waals surface area contributed by atoms with E-state index in [0.717, 1.165) is 44.7 Å². The first-order valence-corrected chi connectivity index (χ1v) is 7.25. The molecule has 1 saturated heterocycles. The third-order valence-corrected chi connectivity index (χ3v) is 4.18. The Labute approximate surface area is 123 Å². The minimum atomic E-state index is -0.980. The Morgan fingerprint density at radius 3 is 2.57 bits per heavy atom. The molecular weight excluding hydrogens is 276 g/mol. The summed E-state index contributed by atoms with van der Waals surface area (Å²) in [6, 6.07) is 3.00. The highest BCUT2D eigenvalue weighted by Crippen LogP contribution is 2.21. The Bertz CT molecular complexity index is 499. The van der Waals surface area contributed by atoms with E-state index >= 15 is 0 Å². The lowest BCUT2D eigenvalue weighted by atomic mass is 9.95. The predicted octanol–water partition coefficient (Wildman–Crippen LogP) is 2.89.